The molecule has 0 aliphatic carbocycles. The van der Waals surface area contributed by atoms with Crippen LogP contribution in [-0.4, -0.2) is 16.2 Å². The lowest BCUT2D eigenvalue weighted by Gasteiger charge is -2.20. The van der Waals surface area contributed by atoms with Crippen LogP contribution in [0.15, 0.2) is 39.5 Å². The average Bonchev–Trinajstić information content (AvgIpc) is 2.28. The van der Waals surface area contributed by atoms with Gasteiger partial charge in [0.2, 0.25) is 0 Å². The van der Waals surface area contributed by atoms with Crippen LogP contribution < -0.4 is 10.4 Å². The van der Waals surface area contributed by atoms with Crippen LogP contribution in [0.2, 0.25) is 0 Å². The molecule has 0 saturated heterocycles. The van der Waals surface area contributed by atoms with E-state index in [1.807, 2.05) is 0 Å². The predicted molar refractivity (Wildman–Crippen MR) is 60.6 cm³/mol. The van der Waals surface area contributed by atoms with E-state index in [1.165, 1.54) is 12.1 Å². The number of hydrogen-bond acceptors (Lipinski definition) is 5. The smallest absolute Gasteiger partial charge is 0.336 e. The molecule has 2 rings (SSSR count). The van der Waals surface area contributed by atoms with Crippen molar-refractivity contribution in [1.82, 2.24) is 0 Å². The Hall–Kier alpha value is -1.85. The van der Waals surface area contributed by atoms with Gasteiger partial charge in [0.15, 0.2) is 0 Å². The van der Waals surface area contributed by atoms with Crippen molar-refractivity contribution in [1.29, 1.82) is 0 Å². The van der Waals surface area contributed by atoms with Crippen LogP contribution in [0.4, 0.5) is 0 Å². The molecule has 5 nitrogen and oxygen atoms in total. The summed E-state index contributed by atoms with van der Waals surface area (Å²) in [6.45, 7) is 1.57. The molecule has 17 heavy (non-hydrogen) atoms. The standard InChI is InChI=1S/C12H12O5/c1-2-12(14,15)17-9-5-3-8-4-6-11(13)16-10(8)7-9/h3-7,14-15H,2H2,1H3. The van der Waals surface area contributed by atoms with Crippen LogP contribution >= 0.6 is 0 Å². The van der Waals surface area contributed by atoms with Gasteiger partial charge in [-0.2, -0.15) is 0 Å². The number of ether oxygens (including phenoxy) is 1. The zero-order chi connectivity index (χ0) is 12.5. The zero-order valence-electron chi connectivity index (χ0n) is 9.21. The van der Waals surface area contributed by atoms with E-state index in [-0.39, 0.29) is 12.2 Å². The summed E-state index contributed by atoms with van der Waals surface area (Å²) in [4.78, 5) is 11.0. The van der Waals surface area contributed by atoms with E-state index in [1.54, 1.807) is 25.1 Å². The fourth-order valence-electron chi connectivity index (χ4n) is 1.37. The Kier molecular flexibility index (Phi) is 2.87. The molecular weight excluding hydrogens is 224 g/mol. The Bertz CT molecular complexity index is 585. The van der Waals surface area contributed by atoms with Crippen LogP contribution in [0.3, 0.4) is 0 Å². The first-order chi connectivity index (χ1) is 8.00. The third-order valence-corrected chi connectivity index (χ3v) is 2.34. The highest BCUT2D eigenvalue weighted by Gasteiger charge is 2.22. The van der Waals surface area contributed by atoms with E-state index in [0.29, 0.717) is 5.58 Å². The Morgan fingerprint density at radius 1 is 1.29 bits per heavy atom. The van der Waals surface area contributed by atoms with Crippen molar-refractivity contribution in [2.75, 3.05) is 0 Å². The predicted octanol–water partition coefficient (Wildman–Crippen LogP) is 1.22. The zero-order valence-corrected chi connectivity index (χ0v) is 9.21. The first-order valence-corrected chi connectivity index (χ1v) is 5.18. The molecule has 1 aromatic carbocycles. The summed E-state index contributed by atoms with van der Waals surface area (Å²) >= 11 is 0. The minimum absolute atomic E-state index is 0.0176. The number of aliphatic hydroxyl groups is 2. The minimum atomic E-state index is -2.22. The molecule has 1 heterocycles. The van der Waals surface area contributed by atoms with Crippen molar-refractivity contribution in [3.05, 3.63) is 40.8 Å². The van der Waals surface area contributed by atoms with E-state index in [0.717, 1.165) is 5.39 Å². The van der Waals surface area contributed by atoms with Gasteiger partial charge in [-0.1, -0.05) is 6.92 Å². The molecule has 0 radical (unpaired) electrons. The fraction of sp³-hybridized carbons (Fsp3) is 0.250. The van der Waals surface area contributed by atoms with Gasteiger partial charge in [-0.25, -0.2) is 4.79 Å². The van der Waals surface area contributed by atoms with Crippen molar-refractivity contribution >= 4 is 11.0 Å². The van der Waals surface area contributed by atoms with Gasteiger partial charge in [0.1, 0.15) is 11.3 Å². The van der Waals surface area contributed by atoms with E-state index in [2.05, 4.69) is 0 Å². The van der Waals surface area contributed by atoms with Gasteiger partial charge < -0.3 is 19.4 Å². The first-order valence-electron chi connectivity index (χ1n) is 5.18. The second kappa shape index (κ2) is 4.20. The van der Waals surface area contributed by atoms with Crippen molar-refractivity contribution < 1.29 is 19.4 Å². The van der Waals surface area contributed by atoms with Gasteiger partial charge in [0.25, 0.3) is 0 Å². The first kappa shape index (κ1) is 11.6. The maximum absolute atomic E-state index is 11.0. The molecule has 2 N–H and O–H groups in total. The molecular formula is C12H12O5. The maximum Gasteiger partial charge on any atom is 0.336 e. The third-order valence-electron chi connectivity index (χ3n) is 2.34. The molecule has 0 atom stereocenters. The van der Waals surface area contributed by atoms with Crippen LogP contribution in [0.1, 0.15) is 13.3 Å². The topological polar surface area (TPSA) is 79.9 Å². The summed E-state index contributed by atoms with van der Waals surface area (Å²) in [5, 5.41) is 19.4. The largest absolute Gasteiger partial charge is 0.439 e. The van der Waals surface area contributed by atoms with Gasteiger partial charge in [-0.15, -0.1) is 0 Å². The van der Waals surface area contributed by atoms with E-state index < -0.39 is 11.6 Å². The Balaban J connectivity index is 2.40. The van der Waals surface area contributed by atoms with Crippen molar-refractivity contribution in [2.24, 2.45) is 0 Å². The molecule has 1 aromatic heterocycles. The lowest BCUT2D eigenvalue weighted by Crippen LogP contribution is -2.34. The van der Waals surface area contributed by atoms with Crippen LogP contribution in [0, 0.1) is 0 Å². The average molecular weight is 236 g/mol. The minimum Gasteiger partial charge on any atom is -0.439 e. The number of hydrogen-bond donors (Lipinski definition) is 2. The number of rotatable bonds is 3. The molecule has 0 fully saturated rings. The summed E-state index contributed by atoms with van der Waals surface area (Å²) in [5.74, 6) is -2.00. The van der Waals surface area contributed by atoms with Crippen LogP contribution in [-0.2, 0) is 0 Å². The molecule has 0 amide bonds. The molecule has 0 aliphatic heterocycles. The maximum atomic E-state index is 11.0. The SMILES string of the molecule is CCC(O)(O)Oc1ccc2ccc(=O)oc2c1. The summed E-state index contributed by atoms with van der Waals surface area (Å²) in [6.07, 6.45) is 0.0176. The van der Waals surface area contributed by atoms with Gasteiger partial charge >= 0.3 is 11.6 Å². The lowest BCUT2D eigenvalue weighted by molar-refractivity contribution is -0.292. The molecule has 0 bridgehead atoms. The Morgan fingerprint density at radius 2 is 2.00 bits per heavy atom. The van der Waals surface area contributed by atoms with E-state index in [9.17, 15) is 15.0 Å². The summed E-state index contributed by atoms with van der Waals surface area (Å²) in [6, 6.07) is 7.61. The third kappa shape index (κ3) is 2.64. The van der Waals surface area contributed by atoms with Crippen molar-refractivity contribution in [3.8, 4) is 5.75 Å². The van der Waals surface area contributed by atoms with Crippen LogP contribution in [0.5, 0.6) is 5.75 Å². The highest BCUT2D eigenvalue weighted by Crippen LogP contribution is 2.22. The van der Waals surface area contributed by atoms with Gasteiger partial charge in [-0.3, -0.25) is 0 Å². The molecule has 2 aromatic rings. The number of benzene rings is 1. The van der Waals surface area contributed by atoms with E-state index in [4.69, 9.17) is 9.15 Å². The molecule has 0 unspecified atom stereocenters. The Morgan fingerprint density at radius 3 is 2.71 bits per heavy atom. The fourth-order valence-corrected chi connectivity index (χ4v) is 1.37. The monoisotopic (exact) mass is 236 g/mol. The van der Waals surface area contributed by atoms with Crippen molar-refractivity contribution in [2.45, 2.75) is 19.3 Å². The Labute approximate surface area is 96.9 Å². The molecule has 5 heteroatoms. The summed E-state index contributed by atoms with van der Waals surface area (Å²) in [5.41, 5.74) is -0.133. The second-order valence-electron chi connectivity index (χ2n) is 3.65. The highest BCUT2D eigenvalue weighted by atomic mass is 16.8. The molecule has 0 saturated carbocycles. The quantitative estimate of drug-likeness (QED) is 0.618. The highest BCUT2D eigenvalue weighted by molar-refractivity contribution is 5.77. The van der Waals surface area contributed by atoms with Crippen molar-refractivity contribution in [3.63, 3.8) is 0 Å². The molecule has 0 spiro atoms. The van der Waals surface area contributed by atoms with E-state index >= 15 is 0 Å². The number of fused-ring (bicyclic) bond motifs is 1. The summed E-state index contributed by atoms with van der Waals surface area (Å²) < 4.78 is 9.90. The van der Waals surface area contributed by atoms with Gasteiger partial charge in [0.05, 0.1) is 0 Å². The van der Waals surface area contributed by atoms with Crippen LogP contribution in [0.25, 0.3) is 11.0 Å². The lowest BCUT2D eigenvalue weighted by atomic mass is 10.2. The normalized spacial score (nSPS) is 11.7. The molecule has 0 aliphatic rings. The summed E-state index contributed by atoms with van der Waals surface area (Å²) in [7, 11) is 0. The van der Waals surface area contributed by atoms with Gasteiger partial charge in [-0.05, 0) is 18.2 Å². The van der Waals surface area contributed by atoms with Gasteiger partial charge in [0, 0.05) is 23.9 Å². The molecule has 90 valence electrons. The second-order valence-corrected chi connectivity index (χ2v) is 3.65.